The lowest BCUT2D eigenvalue weighted by Gasteiger charge is -2.11. The van der Waals surface area contributed by atoms with Crippen LogP contribution >= 0.6 is 0 Å². The normalized spacial score (nSPS) is 10.8. The van der Waals surface area contributed by atoms with Gasteiger partial charge in [-0.15, -0.1) is 0 Å². The van der Waals surface area contributed by atoms with Crippen LogP contribution in [0.1, 0.15) is 37.8 Å². The van der Waals surface area contributed by atoms with Gasteiger partial charge in [0.1, 0.15) is 11.5 Å². The maximum atomic E-state index is 9.61. The molecular weight excluding hydrogens is 164 g/mol. The summed E-state index contributed by atoms with van der Waals surface area (Å²) in [5.41, 5.74) is 1.59. The first-order valence-corrected chi connectivity index (χ1v) is 4.61. The highest BCUT2D eigenvalue weighted by molar-refractivity contribution is 5.46. The Labute approximate surface area is 78.8 Å². The molecule has 0 fully saturated rings. The van der Waals surface area contributed by atoms with Crippen molar-refractivity contribution in [2.24, 2.45) is 0 Å². The number of hydrogen-bond acceptors (Lipinski definition) is 2. The second-order valence-electron chi connectivity index (χ2n) is 3.55. The van der Waals surface area contributed by atoms with Crippen LogP contribution in [-0.4, -0.2) is 10.2 Å². The molecule has 13 heavy (non-hydrogen) atoms. The molecule has 0 unspecified atom stereocenters. The Bertz CT molecular complexity index is 303. The van der Waals surface area contributed by atoms with Crippen molar-refractivity contribution in [3.05, 3.63) is 23.3 Å². The van der Waals surface area contributed by atoms with Gasteiger partial charge in [0.25, 0.3) is 0 Å². The molecule has 0 heterocycles. The van der Waals surface area contributed by atoms with Crippen LogP contribution in [0.5, 0.6) is 11.5 Å². The maximum absolute atomic E-state index is 9.61. The van der Waals surface area contributed by atoms with E-state index in [1.54, 1.807) is 12.1 Å². The van der Waals surface area contributed by atoms with Crippen molar-refractivity contribution in [1.82, 2.24) is 0 Å². The second kappa shape index (κ2) is 3.69. The summed E-state index contributed by atoms with van der Waals surface area (Å²) in [6.45, 7) is 5.92. The van der Waals surface area contributed by atoms with Gasteiger partial charge in [-0.2, -0.15) is 0 Å². The van der Waals surface area contributed by atoms with Crippen LogP contribution in [0, 0.1) is 0 Å². The molecule has 0 bridgehead atoms. The number of benzene rings is 1. The van der Waals surface area contributed by atoms with Crippen molar-refractivity contribution in [1.29, 1.82) is 0 Å². The number of hydrogen-bond donors (Lipinski definition) is 2. The Kier molecular flexibility index (Phi) is 2.81. The lowest BCUT2D eigenvalue weighted by Crippen LogP contribution is -1.91. The standard InChI is InChI=1S/C11H16O2/c1-4-8-5-11(13)9(7(2)3)6-10(8)12/h5-7,12-13H,4H2,1-3H3. The summed E-state index contributed by atoms with van der Waals surface area (Å²) in [5, 5.41) is 19.2. The van der Waals surface area contributed by atoms with Crippen LogP contribution in [-0.2, 0) is 6.42 Å². The van der Waals surface area contributed by atoms with Crippen LogP contribution < -0.4 is 0 Å². The Morgan fingerprint density at radius 2 is 1.77 bits per heavy atom. The van der Waals surface area contributed by atoms with Crippen molar-refractivity contribution in [3.8, 4) is 11.5 Å². The van der Waals surface area contributed by atoms with Gasteiger partial charge in [0.15, 0.2) is 0 Å². The van der Waals surface area contributed by atoms with E-state index in [2.05, 4.69) is 0 Å². The Hall–Kier alpha value is -1.18. The highest BCUT2D eigenvalue weighted by atomic mass is 16.3. The monoisotopic (exact) mass is 180 g/mol. The molecule has 0 aliphatic rings. The van der Waals surface area contributed by atoms with E-state index in [0.29, 0.717) is 0 Å². The summed E-state index contributed by atoms with van der Waals surface area (Å²) >= 11 is 0. The first kappa shape index (κ1) is 9.90. The summed E-state index contributed by atoms with van der Waals surface area (Å²) in [6.07, 6.45) is 0.734. The van der Waals surface area contributed by atoms with E-state index in [0.717, 1.165) is 17.5 Å². The van der Waals surface area contributed by atoms with E-state index in [1.807, 2.05) is 20.8 Å². The molecule has 1 aromatic rings. The zero-order chi connectivity index (χ0) is 10.0. The van der Waals surface area contributed by atoms with E-state index >= 15 is 0 Å². The van der Waals surface area contributed by atoms with Crippen LogP contribution in [0.25, 0.3) is 0 Å². The van der Waals surface area contributed by atoms with Crippen molar-refractivity contribution in [2.45, 2.75) is 33.1 Å². The molecule has 0 aliphatic heterocycles. The topological polar surface area (TPSA) is 40.5 Å². The predicted molar refractivity (Wildman–Crippen MR) is 53.2 cm³/mol. The van der Waals surface area contributed by atoms with Gasteiger partial charge >= 0.3 is 0 Å². The fourth-order valence-electron chi connectivity index (χ4n) is 1.38. The van der Waals surface area contributed by atoms with Crippen LogP contribution in [0.15, 0.2) is 12.1 Å². The summed E-state index contributed by atoms with van der Waals surface area (Å²) in [5.74, 6) is 0.797. The van der Waals surface area contributed by atoms with Gasteiger partial charge in [-0.3, -0.25) is 0 Å². The highest BCUT2D eigenvalue weighted by Crippen LogP contribution is 2.32. The SMILES string of the molecule is CCc1cc(O)c(C(C)C)cc1O. The van der Waals surface area contributed by atoms with E-state index in [4.69, 9.17) is 0 Å². The smallest absolute Gasteiger partial charge is 0.119 e. The summed E-state index contributed by atoms with van der Waals surface area (Å²) in [4.78, 5) is 0. The van der Waals surface area contributed by atoms with Gasteiger partial charge in [-0.25, -0.2) is 0 Å². The number of rotatable bonds is 2. The fraction of sp³-hybridized carbons (Fsp3) is 0.455. The van der Waals surface area contributed by atoms with Gasteiger partial charge in [0.2, 0.25) is 0 Å². The number of phenolic OH excluding ortho intramolecular Hbond substituents is 2. The van der Waals surface area contributed by atoms with Crippen LogP contribution in [0.4, 0.5) is 0 Å². The molecule has 2 N–H and O–H groups in total. The third kappa shape index (κ3) is 1.94. The third-order valence-electron chi connectivity index (χ3n) is 2.23. The molecule has 0 radical (unpaired) electrons. The lowest BCUT2D eigenvalue weighted by molar-refractivity contribution is 0.446. The zero-order valence-corrected chi connectivity index (χ0v) is 8.33. The second-order valence-corrected chi connectivity index (χ2v) is 3.55. The number of aromatic hydroxyl groups is 2. The number of phenols is 2. The molecular formula is C11H16O2. The summed E-state index contributed by atoms with van der Waals surface area (Å²) in [6, 6.07) is 3.30. The number of aryl methyl sites for hydroxylation is 1. The Morgan fingerprint density at radius 1 is 1.15 bits per heavy atom. The Morgan fingerprint density at radius 3 is 2.23 bits per heavy atom. The molecule has 0 amide bonds. The minimum absolute atomic E-state index is 0.233. The van der Waals surface area contributed by atoms with Crippen molar-refractivity contribution in [3.63, 3.8) is 0 Å². The minimum Gasteiger partial charge on any atom is -0.508 e. The maximum Gasteiger partial charge on any atom is 0.119 e. The van der Waals surface area contributed by atoms with Gasteiger partial charge in [0, 0.05) is 5.56 Å². The van der Waals surface area contributed by atoms with Crippen LogP contribution in [0.2, 0.25) is 0 Å². The molecule has 0 atom stereocenters. The van der Waals surface area contributed by atoms with Gasteiger partial charge in [0.05, 0.1) is 0 Å². The molecule has 1 aromatic carbocycles. The van der Waals surface area contributed by atoms with Gasteiger partial charge < -0.3 is 10.2 Å². The third-order valence-corrected chi connectivity index (χ3v) is 2.23. The molecule has 72 valence electrons. The lowest BCUT2D eigenvalue weighted by atomic mass is 9.99. The highest BCUT2D eigenvalue weighted by Gasteiger charge is 2.09. The molecule has 0 spiro atoms. The average molecular weight is 180 g/mol. The molecule has 2 nitrogen and oxygen atoms in total. The van der Waals surface area contributed by atoms with Crippen LogP contribution in [0.3, 0.4) is 0 Å². The minimum atomic E-state index is 0.233. The molecule has 2 heteroatoms. The molecule has 1 rings (SSSR count). The first-order valence-electron chi connectivity index (χ1n) is 4.61. The van der Waals surface area contributed by atoms with Crippen molar-refractivity contribution in [2.75, 3.05) is 0 Å². The van der Waals surface area contributed by atoms with E-state index in [1.165, 1.54) is 0 Å². The van der Waals surface area contributed by atoms with E-state index in [-0.39, 0.29) is 17.4 Å². The quantitative estimate of drug-likeness (QED) is 0.687. The Balaban J connectivity index is 3.20. The molecule has 0 saturated heterocycles. The van der Waals surface area contributed by atoms with Crippen molar-refractivity contribution < 1.29 is 10.2 Å². The molecule has 0 aromatic heterocycles. The predicted octanol–water partition coefficient (Wildman–Crippen LogP) is 2.78. The molecule has 0 saturated carbocycles. The van der Waals surface area contributed by atoms with Gasteiger partial charge in [-0.1, -0.05) is 20.8 Å². The summed E-state index contributed by atoms with van der Waals surface area (Å²) in [7, 11) is 0. The first-order chi connectivity index (χ1) is 6.06. The van der Waals surface area contributed by atoms with E-state index in [9.17, 15) is 10.2 Å². The fourth-order valence-corrected chi connectivity index (χ4v) is 1.38. The van der Waals surface area contributed by atoms with E-state index < -0.39 is 0 Å². The average Bonchev–Trinajstić information content (AvgIpc) is 2.07. The largest absolute Gasteiger partial charge is 0.508 e. The zero-order valence-electron chi connectivity index (χ0n) is 8.33. The van der Waals surface area contributed by atoms with Gasteiger partial charge in [-0.05, 0) is 30.0 Å². The summed E-state index contributed by atoms with van der Waals surface area (Å²) < 4.78 is 0. The van der Waals surface area contributed by atoms with Crippen molar-refractivity contribution >= 4 is 0 Å². The molecule has 0 aliphatic carbocycles.